The van der Waals surface area contributed by atoms with Gasteiger partial charge < -0.3 is 9.80 Å². The van der Waals surface area contributed by atoms with E-state index in [1.54, 1.807) is 0 Å². The van der Waals surface area contributed by atoms with Crippen LogP contribution < -0.4 is 26.2 Å². The molecule has 0 fully saturated rings. The Bertz CT molecular complexity index is 3910. The van der Waals surface area contributed by atoms with E-state index in [1.807, 2.05) is 0 Å². The molecule has 2 heterocycles. The fourth-order valence-corrected chi connectivity index (χ4v) is 12.3. The van der Waals surface area contributed by atoms with E-state index in [0.717, 1.165) is 11.4 Å². The van der Waals surface area contributed by atoms with Gasteiger partial charge in [-0.05, 0) is 120 Å². The molecule has 2 nitrogen and oxygen atoms in total. The largest absolute Gasteiger partial charge is 0.310 e. The van der Waals surface area contributed by atoms with E-state index in [4.69, 9.17) is 0 Å². The lowest BCUT2D eigenvalue weighted by atomic mass is 9.33. The van der Waals surface area contributed by atoms with Gasteiger partial charge in [0.2, 0.25) is 0 Å². The molecule has 3 heteroatoms. The molecule has 11 aromatic carbocycles. The van der Waals surface area contributed by atoms with Crippen molar-refractivity contribution in [1.29, 1.82) is 0 Å². The summed E-state index contributed by atoms with van der Waals surface area (Å²) in [6.07, 6.45) is 0. The van der Waals surface area contributed by atoms with Crippen LogP contribution in [0, 0.1) is 6.92 Å². The molecular weight excluding hydrogens is 940 g/mol. The lowest BCUT2D eigenvalue weighted by Crippen LogP contribution is -2.61. The van der Waals surface area contributed by atoms with Crippen LogP contribution in [0.5, 0.6) is 0 Å². The van der Waals surface area contributed by atoms with Crippen LogP contribution in [0.1, 0.15) is 58.2 Å². The third-order valence-corrected chi connectivity index (χ3v) is 16.3. The number of fused-ring (bicyclic) bond motifs is 4. The SMILES string of the molecule is Cc1cc2c(cc1-c1ccccc1)B1c3cc(-c4ccc(C(C)(C)C)cc4)ccc3N(c3c(-c4ccccc4)cccc3-c3ccccc3)c3cc(C(C)(C)C)cc(c31)N2c1c(-c2ccccc2)cccc1-c1ccccc1. The van der Waals surface area contributed by atoms with Gasteiger partial charge in [-0.15, -0.1) is 0 Å². The van der Waals surface area contributed by atoms with Gasteiger partial charge in [0.15, 0.2) is 0 Å². The second kappa shape index (κ2) is 19.3. The predicted octanol–water partition coefficient (Wildman–Crippen LogP) is 18.7. The van der Waals surface area contributed by atoms with E-state index < -0.39 is 0 Å². The lowest BCUT2D eigenvalue weighted by Gasteiger charge is -2.46. The van der Waals surface area contributed by atoms with Crippen molar-refractivity contribution in [2.75, 3.05) is 9.80 Å². The van der Waals surface area contributed by atoms with Crippen LogP contribution in [0.2, 0.25) is 0 Å². The first-order valence-electron chi connectivity index (χ1n) is 27.6. The number of anilines is 6. The molecule has 0 unspecified atom stereocenters. The molecular formula is C75H63BN2. The van der Waals surface area contributed by atoms with Crippen LogP contribution >= 0.6 is 0 Å². The quantitative estimate of drug-likeness (QED) is 0.140. The highest BCUT2D eigenvalue weighted by molar-refractivity contribution is 7.00. The molecule has 2 aliphatic rings. The Hall–Kier alpha value is -8.92. The average molecular weight is 1000 g/mol. The summed E-state index contributed by atoms with van der Waals surface area (Å²) in [4.78, 5) is 5.33. The van der Waals surface area contributed by atoms with E-state index >= 15 is 0 Å². The van der Waals surface area contributed by atoms with Crippen LogP contribution in [0.15, 0.2) is 255 Å². The molecule has 78 heavy (non-hydrogen) atoms. The topological polar surface area (TPSA) is 6.48 Å². The summed E-state index contributed by atoms with van der Waals surface area (Å²) >= 11 is 0. The summed E-state index contributed by atoms with van der Waals surface area (Å²) in [5.74, 6) is 0. The number of hydrogen-bond donors (Lipinski definition) is 0. The van der Waals surface area contributed by atoms with E-state index in [2.05, 4.69) is 313 Å². The first-order chi connectivity index (χ1) is 37.9. The van der Waals surface area contributed by atoms with Gasteiger partial charge >= 0.3 is 0 Å². The highest BCUT2D eigenvalue weighted by Gasteiger charge is 2.46. The maximum Gasteiger partial charge on any atom is 0.252 e. The zero-order valence-electron chi connectivity index (χ0n) is 45.7. The molecule has 376 valence electrons. The molecule has 0 aliphatic carbocycles. The first-order valence-corrected chi connectivity index (χ1v) is 27.6. The Morgan fingerprint density at radius 2 is 0.654 bits per heavy atom. The summed E-state index contributed by atoms with van der Waals surface area (Å²) in [5.41, 5.74) is 28.8. The van der Waals surface area contributed by atoms with Crippen molar-refractivity contribution >= 4 is 57.2 Å². The van der Waals surface area contributed by atoms with E-state index in [0.29, 0.717) is 0 Å². The van der Waals surface area contributed by atoms with Crippen molar-refractivity contribution < 1.29 is 0 Å². The maximum absolute atomic E-state index is 2.67. The fourth-order valence-electron chi connectivity index (χ4n) is 12.3. The molecule has 0 atom stereocenters. The van der Waals surface area contributed by atoms with Gasteiger partial charge in [0.1, 0.15) is 0 Å². The molecule has 11 aromatic rings. The third-order valence-electron chi connectivity index (χ3n) is 16.3. The summed E-state index contributed by atoms with van der Waals surface area (Å²) in [7, 11) is 0. The van der Waals surface area contributed by atoms with Crippen LogP contribution in [-0.2, 0) is 10.8 Å². The van der Waals surface area contributed by atoms with Crippen molar-refractivity contribution in [3.8, 4) is 66.8 Å². The van der Waals surface area contributed by atoms with Crippen LogP contribution in [0.4, 0.5) is 34.1 Å². The van der Waals surface area contributed by atoms with Gasteiger partial charge in [-0.2, -0.15) is 0 Å². The highest BCUT2D eigenvalue weighted by atomic mass is 15.2. The minimum absolute atomic E-state index is 0.0370. The fraction of sp³-hybridized carbons (Fsp3) is 0.120. The molecule has 0 spiro atoms. The standard InChI is InChI=1S/C75H63BN2/c1-50-45-68-66(49-64(50)56-33-21-12-22-34-56)76-65-46-57(51-39-42-58(43-40-51)74(2,3)4)41-44-67(65)77(72-60(52-25-13-8-14-26-52)35-23-36-61(72)53-27-15-9-16-28-53)69-47-59(75(5,6)7)48-70(71(69)76)78(68)73-62(54-29-17-10-18-30-54)37-24-38-63(73)55-31-19-11-20-32-55/h8-49H,1-7H3. The van der Waals surface area contributed by atoms with Gasteiger partial charge in [-0.1, -0.05) is 272 Å². The van der Waals surface area contributed by atoms with Crippen LogP contribution in [0.3, 0.4) is 0 Å². The average Bonchev–Trinajstić information content (AvgIpc) is 3.60. The first kappa shape index (κ1) is 48.7. The minimum atomic E-state index is -0.225. The Morgan fingerprint density at radius 3 is 1.06 bits per heavy atom. The minimum Gasteiger partial charge on any atom is -0.310 e. The second-order valence-electron chi connectivity index (χ2n) is 23.3. The number of hydrogen-bond acceptors (Lipinski definition) is 2. The van der Waals surface area contributed by atoms with Crippen molar-refractivity contribution in [3.05, 3.63) is 271 Å². The Balaban J connectivity index is 1.21. The molecule has 0 radical (unpaired) electrons. The lowest BCUT2D eigenvalue weighted by molar-refractivity contribution is 0.590. The smallest absolute Gasteiger partial charge is 0.252 e. The Kier molecular flexibility index (Phi) is 12.0. The van der Waals surface area contributed by atoms with Crippen LogP contribution in [0.25, 0.3) is 66.8 Å². The predicted molar refractivity (Wildman–Crippen MR) is 335 cm³/mol. The van der Waals surface area contributed by atoms with E-state index in [1.165, 1.54) is 123 Å². The second-order valence-corrected chi connectivity index (χ2v) is 23.3. The van der Waals surface area contributed by atoms with E-state index in [-0.39, 0.29) is 17.5 Å². The summed E-state index contributed by atoms with van der Waals surface area (Å²) in [6, 6.07) is 95.6. The maximum atomic E-state index is 2.67. The number of nitrogens with zero attached hydrogens (tertiary/aromatic N) is 2. The highest BCUT2D eigenvalue weighted by Crippen LogP contribution is 2.54. The van der Waals surface area contributed by atoms with Gasteiger partial charge in [0.25, 0.3) is 6.71 Å². The van der Waals surface area contributed by atoms with Crippen molar-refractivity contribution in [1.82, 2.24) is 0 Å². The number of aryl methyl sites for hydroxylation is 1. The molecule has 13 rings (SSSR count). The van der Waals surface area contributed by atoms with Crippen molar-refractivity contribution in [2.24, 2.45) is 0 Å². The molecule has 0 N–H and O–H groups in total. The monoisotopic (exact) mass is 1000 g/mol. The number of para-hydroxylation sites is 2. The molecule has 0 saturated heterocycles. The third kappa shape index (κ3) is 8.46. The zero-order valence-corrected chi connectivity index (χ0v) is 45.7. The van der Waals surface area contributed by atoms with Crippen molar-refractivity contribution in [3.63, 3.8) is 0 Å². The van der Waals surface area contributed by atoms with Crippen molar-refractivity contribution in [2.45, 2.75) is 59.3 Å². The normalized spacial score (nSPS) is 12.7. The van der Waals surface area contributed by atoms with Gasteiger partial charge in [-0.25, -0.2) is 0 Å². The summed E-state index contributed by atoms with van der Waals surface area (Å²) in [6.45, 7) is 16.1. The molecule has 0 aromatic heterocycles. The summed E-state index contributed by atoms with van der Waals surface area (Å²) < 4.78 is 0. The molecule has 0 amide bonds. The van der Waals surface area contributed by atoms with Gasteiger partial charge in [0, 0.05) is 45.0 Å². The summed E-state index contributed by atoms with van der Waals surface area (Å²) in [5, 5.41) is 0. The Labute approximate surface area is 462 Å². The van der Waals surface area contributed by atoms with Gasteiger partial charge in [-0.3, -0.25) is 0 Å². The molecule has 0 saturated carbocycles. The van der Waals surface area contributed by atoms with E-state index in [9.17, 15) is 0 Å². The Morgan fingerprint density at radius 1 is 0.282 bits per heavy atom. The molecule has 2 aliphatic heterocycles. The van der Waals surface area contributed by atoms with Crippen LogP contribution in [-0.4, -0.2) is 6.71 Å². The number of rotatable bonds is 8. The van der Waals surface area contributed by atoms with Gasteiger partial charge in [0.05, 0.1) is 11.4 Å². The zero-order chi connectivity index (χ0) is 53.3. The number of benzene rings is 11. The molecule has 0 bridgehead atoms.